The van der Waals surface area contributed by atoms with Crippen molar-refractivity contribution in [1.29, 1.82) is 0 Å². The summed E-state index contributed by atoms with van der Waals surface area (Å²) in [5, 5.41) is 3.44. The number of hydrogen-bond acceptors (Lipinski definition) is 2. The molecule has 0 radical (unpaired) electrons. The topological polar surface area (TPSA) is 15.3 Å². The summed E-state index contributed by atoms with van der Waals surface area (Å²) in [6, 6.07) is 11.2. The van der Waals surface area contributed by atoms with Gasteiger partial charge in [0.05, 0.1) is 0 Å². The van der Waals surface area contributed by atoms with E-state index in [1.807, 2.05) is 0 Å². The molecule has 1 saturated heterocycles. The van der Waals surface area contributed by atoms with Crippen LogP contribution in [0.15, 0.2) is 30.3 Å². The van der Waals surface area contributed by atoms with Crippen molar-refractivity contribution in [3.63, 3.8) is 0 Å². The van der Waals surface area contributed by atoms with Crippen molar-refractivity contribution < 1.29 is 0 Å². The highest BCUT2D eigenvalue weighted by molar-refractivity contribution is 5.85. The SMILES string of the molecule is CC1CN(c2ccccc2)CCN1.Cl.Cl. The molecule has 0 aromatic heterocycles. The third-order valence-electron chi connectivity index (χ3n) is 2.49. The van der Waals surface area contributed by atoms with E-state index in [0.29, 0.717) is 6.04 Å². The number of benzene rings is 1. The predicted octanol–water partition coefficient (Wildman–Crippen LogP) is 2.33. The molecular weight excluding hydrogens is 231 g/mol. The van der Waals surface area contributed by atoms with Gasteiger partial charge in [0.15, 0.2) is 0 Å². The predicted molar refractivity (Wildman–Crippen MR) is 70.6 cm³/mol. The Hall–Kier alpha value is -0.440. The van der Waals surface area contributed by atoms with E-state index in [1.165, 1.54) is 5.69 Å². The number of anilines is 1. The van der Waals surface area contributed by atoms with Gasteiger partial charge in [0, 0.05) is 31.4 Å². The summed E-state index contributed by atoms with van der Waals surface area (Å²) < 4.78 is 0. The molecule has 1 heterocycles. The van der Waals surface area contributed by atoms with Crippen LogP contribution in [0.3, 0.4) is 0 Å². The molecule has 1 aromatic carbocycles. The quantitative estimate of drug-likeness (QED) is 0.821. The summed E-state index contributed by atoms with van der Waals surface area (Å²) in [6.07, 6.45) is 0. The van der Waals surface area contributed by atoms with E-state index >= 15 is 0 Å². The molecular formula is C11H18Cl2N2. The maximum Gasteiger partial charge on any atom is 0.0367 e. The molecule has 1 aromatic rings. The number of nitrogens with zero attached hydrogens (tertiary/aromatic N) is 1. The van der Waals surface area contributed by atoms with Crippen LogP contribution in [0.1, 0.15) is 6.92 Å². The number of piperazine rings is 1. The van der Waals surface area contributed by atoms with Crippen LogP contribution in [0.5, 0.6) is 0 Å². The number of hydrogen-bond donors (Lipinski definition) is 1. The minimum absolute atomic E-state index is 0. The third kappa shape index (κ3) is 3.90. The minimum atomic E-state index is 0. The van der Waals surface area contributed by atoms with Gasteiger partial charge >= 0.3 is 0 Å². The molecule has 2 rings (SSSR count). The molecule has 1 aliphatic heterocycles. The van der Waals surface area contributed by atoms with E-state index in [-0.39, 0.29) is 24.8 Å². The van der Waals surface area contributed by atoms with E-state index < -0.39 is 0 Å². The molecule has 4 heteroatoms. The highest BCUT2D eigenvalue weighted by atomic mass is 35.5. The Morgan fingerprint density at radius 1 is 1.20 bits per heavy atom. The van der Waals surface area contributed by atoms with Crippen LogP contribution < -0.4 is 10.2 Å². The first-order valence-corrected chi connectivity index (χ1v) is 4.89. The van der Waals surface area contributed by atoms with E-state index in [2.05, 4.69) is 47.5 Å². The van der Waals surface area contributed by atoms with Crippen LogP contribution >= 0.6 is 24.8 Å². The molecule has 0 spiro atoms. The highest BCUT2D eigenvalue weighted by Gasteiger charge is 2.14. The average molecular weight is 249 g/mol. The van der Waals surface area contributed by atoms with Crippen molar-refractivity contribution in [2.24, 2.45) is 0 Å². The number of nitrogens with one attached hydrogen (secondary N) is 1. The van der Waals surface area contributed by atoms with Crippen LogP contribution in [-0.4, -0.2) is 25.7 Å². The molecule has 1 fully saturated rings. The smallest absolute Gasteiger partial charge is 0.0367 e. The van der Waals surface area contributed by atoms with Gasteiger partial charge < -0.3 is 10.2 Å². The first kappa shape index (κ1) is 14.6. The second-order valence-electron chi connectivity index (χ2n) is 3.64. The second kappa shape index (κ2) is 6.94. The Kier molecular flexibility index (Phi) is 6.73. The lowest BCUT2D eigenvalue weighted by Gasteiger charge is -2.33. The zero-order chi connectivity index (χ0) is 9.10. The minimum Gasteiger partial charge on any atom is -0.369 e. The molecule has 0 aliphatic carbocycles. The molecule has 0 bridgehead atoms. The number of halogens is 2. The molecule has 86 valence electrons. The maximum absolute atomic E-state index is 3.44. The van der Waals surface area contributed by atoms with Crippen molar-refractivity contribution in [2.75, 3.05) is 24.5 Å². The van der Waals surface area contributed by atoms with E-state index in [1.54, 1.807) is 0 Å². The van der Waals surface area contributed by atoms with Crippen molar-refractivity contribution >= 4 is 30.5 Å². The van der Waals surface area contributed by atoms with Crippen molar-refractivity contribution in [3.8, 4) is 0 Å². The fraction of sp³-hybridized carbons (Fsp3) is 0.455. The van der Waals surface area contributed by atoms with Crippen molar-refractivity contribution in [3.05, 3.63) is 30.3 Å². The normalized spacial score (nSPS) is 20.1. The van der Waals surface area contributed by atoms with Gasteiger partial charge in [-0.25, -0.2) is 0 Å². The van der Waals surface area contributed by atoms with Gasteiger partial charge in [0.25, 0.3) is 0 Å². The Morgan fingerprint density at radius 3 is 2.47 bits per heavy atom. The lowest BCUT2D eigenvalue weighted by Crippen LogP contribution is -2.49. The third-order valence-corrected chi connectivity index (χ3v) is 2.49. The van der Waals surface area contributed by atoms with Crippen LogP contribution in [0.4, 0.5) is 5.69 Å². The van der Waals surface area contributed by atoms with E-state index in [4.69, 9.17) is 0 Å². The lowest BCUT2D eigenvalue weighted by atomic mass is 10.2. The van der Waals surface area contributed by atoms with Gasteiger partial charge in [-0.15, -0.1) is 24.8 Å². The largest absolute Gasteiger partial charge is 0.369 e. The van der Waals surface area contributed by atoms with Crippen LogP contribution in [0.25, 0.3) is 0 Å². The molecule has 0 amide bonds. The van der Waals surface area contributed by atoms with E-state index in [0.717, 1.165) is 19.6 Å². The molecule has 2 nitrogen and oxygen atoms in total. The summed E-state index contributed by atoms with van der Waals surface area (Å²) >= 11 is 0. The van der Waals surface area contributed by atoms with Gasteiger partial charge in [-0.3, -0.25) is 0 Å². The Labute approximate surface area is 104 Å². The molecule has 1 aliphatic rings. The standard InChI is InChI=1S/C11H16N2.2ClH/c1-10-9-13(8-7-12-10)11-5-3-2-4-6-11;;/h2-6,10,12H,7-9H2,1H3;2*1H. The monoisotopic (exact) mass is 248 g/mol. The van der Waals surface area contributed by atoms with Gasteiger partial charge in [-0.1, -0.05) is 18.2 Å². The van der Waals surface area contributed by atoms with Crippen LogP contribution in [0.2, 0.25) is 0 Å². The van der Waals surface area contributed by atoms with Gasteiger partial charge in [0.2, 0.25) is 0 Å². The Balaban J connectivity index is 0.000000980. The highest BCUT2D eigenvalue weighted by Crippen LogP contribution is 2.14. The average Bonchev–Trinajstić information content (AvgIpc) is 2.19. The van der Waals surface area contributed by atoms with Crippen molar-refractivity contribution in [1.82, 2.24) is 5.32 Å². The molecule has 0 saturated carbocycles. The lowest BCUT2D eigenvalue weighted by molar-refractivity contribution is 0.485. The Bertz CT molecular complexity index is 267. The van der Waals surface area contributed by atoms with Crippen LogP contribution in [0, 0.1) is 0 Å². The molecule has 1 atom stereocenters. The Morgan fingerprint density at radius 2 is 1.87 bits per heavy atom. The first-order chi connectivity index (χ1) is 6.36. The molecule has 1 N–H and O–H groups in total. The number of para-hydroxylation sites is 1. The summed E-state index contributed by atoms with van der Waals surface area (Å²) in [4.78, 5) is 2.43. The fourth-order valence-electron chi connectivity index (χ4n) is 1.81. The number of rotatable bonds is 1. The summed E-state index contributed by atoms with van der Waals surface area (Å²) in [6.45, 7) is 5.56. The first-order valence-electron chi connectivity index (χ1n) is 4.89. The van der Waals surface area contributed by atoms with Gasteiger partial charge in [0.1, 0.15) is 0 Å². The van der Waals surface area contributed by atoms with Crippen molar-refractivity contribution in [2.45, 2.75) is 13.0 Å². The molecule has 15 heavy (non-hydrogen) atoms. The summed E-state index contributed by atoms with van der Waals surface area (Å²) in [5.41, 5.74) is 1.34. The van der Waals surface area contributed by atoms with Gasteiger partial charge in [-0.05, 0) is 19.1 Å². The van der Waals surface area contributed by atoms with E-state index in [9.17, 15) is 0 Å². The maximum atomic E-state index is 3.44. The van der Waals surface area contributed by atoms with Gasteiger partial charge in [-0.2, -0.15) is 0 Å². The zero-order valence-corrected chi connectivity index (χ0v) is 10.5. The second-order valence-corrected chi connectivity index (χ2v) is 3.64. The zero-order valence-electron chi connectivity index (χ0n) is 8.85. The molecule has 1 unspecified atom stereocenters. The summed E-state index contributed by atoms with van der Waals surface area (Å²) in [7, 11) is 0. The van der Waals surface area contributed by atoms with Crippen LogP contribution in [-0.2, 0) is 0 Å². The summed E-state index contributed by atoms with van der Waals surface area (Å²) in [5.74, 6) is 0. The fourth-order valence-corrected chi connectivity index (χ4v) is 1.81.